The molecule has 0 aromatic carbocycles. The topological polar surface area (TPSA) is 82.4 Å². The molecule has 0 bridgehead atoms. The molecule has 0 amide bonds. The summed E-state index contributed by atoms with van der Waals surface area (Å²) in [7, 11) is 0. The lowest BCUT2D eigenvalue weighted by molar-refractivity contribution is -0.807. The van der Waals surface area contributed by atoms with Gasteiger partial charge >= 0.3 is 0 Å². The quantitative estimate of drug-likeness (QED) is 0.400. The summed E-state index contributed by atoms with van der Waals surface area (Å²) in [4.78, 5) is 9.69. The molecule has 0 fully saturated rings. The summed E-state index contributed by atoms with van der Waals surface area (Å²) < 4.78 is 4.03. The molecule has 0 aliphatic heterocycles. The van der Waals surface area contributed by atoms with Gasteiger partial charge in [0.05, 0.1) is 0 Å². The van der Waals surface area contributed by atoms with Crippen molar-refractivity contribution in [3.05, 3.63) is 22.0 Å². The van der Waals surface area contributed by atoms with Crippen LogP contribution in [0.3, 0.4) is 0 Å². The zero-order valence-electron chi connectivity index (χ0n) is 4.35. The molecule has 0 saturated carbocycles. The average Bonchev–Trinajstić information content (AvgIpc) is 2.18. The van der Waals surface area contributed by atoms with Crippen LogP contribution < -0.4 is 4.90 Å². The molecule has 1 aromatic rings. The molecule has 1 heterocycles. The van der Waals surface area contributed by atoms with Crippen molar-refractivity contribution in [2.75, 3.05) is 0 Å². The smallest absolute Gasteiger partial charge is 0.220 e. The van der Waals surface area contributed by atoms with Crippen molar-refractivity contribution in [1.29, 1.82) is 0 Å². The summed E-state index contributed by atoms with van der Waals surface area (Å²) in [5.41, 5.74) is 0.116. The summed E-state index contributed by atoms with van der Waals surface area (Å²) in [6, 6.07) is 0. The van der Waals surface area contributed by atoms with Crippen LogP contribution >= 0.6 is 0 Å². The number of hydrogen-bond acceptors (Lipinski definition) is 5. The van der Waals surface area contributed by atoms with Gasteiger partial charge in [0, 0.05) is 5.16 Å². The highest BCUT2D eigenvalue weighted by molar-refractivity contribution is 4.81. The van der Waals surface area contributed by atoms with Crippen LogP contribution in [0.25, 0.3) is 0 Å². The Bertz CT molecular complexity index is 208. The number of aromatic nitrogens is 2. The molecule has 6 nitrogen and oxygen atoms in total. The van der Waals surface area contributed by atoms with Crippen LogP contribution in [0.15, 0.2) is 16.0 Å². The van der Waals surface area contributed by atoms with Crippen molar-refractivity contribution in [2.45, 2.75) is 6.54 Å². The maximum absolute atomic E-state index is 10.3. The molecular formula is C3H3N3O3. The van der Waals surface area contributed by atoms with E-state index < -0.39 is 0 Å². The third-order valence-electron chi connectivity index (χ3n) is 0.784. The predicted octanol–water partition coefficient (Wildman–Crippen LogP) is -0.426. The van der Waals surface area contributed by atoms with E-state index in [2.05, 4.69) is 15.0 Å². The number of nitroso groups, excluding NO2 is 1. The largest absolute Gasteiger partial charge is 0.359 e. The van der Waals surface area contributed by atoms with Gasteiger partial charge in [-0.05, 0) is 4.90 Å². The van der Waals surface area contributed by atoms with E-state index in [1.165, 1.54) is 0 Å². The van der Waals surface area contributed by atoms with Crippen LogP contribution in [0.5, 0.6) is 0 Å². The zero-order valence-corrected chi connectivity index (χ0v) is 4.35. The second-order valence-electron chi connectivity index (χ2n) is 1.35. The van der Waals surface area contributed by atoms with Crippen molar-refractivity contribution in [3.8, 4) is 0 Å². The van der Waals surface area contributed by atoms with E-state index in [0.717, 1.165) is 6.20 Å². The Morgan fingerprint density at radius 2 is 2.78 bits per heavy atom. The molecule has 1 rings (SSSR count). The van der Waals surface area contributed by atoms with Gasteiger partial charge in [0.15, 0.2) is 6.54 Å². The van der Waals surface area contributed by atoms with Gasteiger partial charge in [0.25, 0.3) is 0 Å². The SMILES string of the molecule is O=NCc1cno[n+]1[O-]. The van der Waals surface area contributed by atoms with Gasteiger partial charge < -0.3 is 5.21 Å². The second kappa shape index (κ2) is 2.21. The van der Waals surface area contributed by atoms with Crippen LogP contribution in [0, 0.1) is 10.1 Å². The fourth-order valence-corrected chi connectivity index (χ4v) is 0.391. The summed E-state index contributed by atoms with van der Waals surface area (Å²) in [5, 5.41) is 15.9. The van der Waals surface area contributed by atoms with E-state index in [0.29, 0.717) is 0 Å². The predicted molar refractivity (Wildman–Crippen MR) is 25.0 cm³/mol. The van der Waals surface area contributed by atoms with E-state index in [9.17, 15) is 10.1 Å². The van der Waals surface area contributed by atoms with Crippen LogP contribution in [0.4, 0.5) is 0 Å². The standard InChI is InChI=1S/C3H3N3O3/c7-4-1-3-2-5-9-6(3)8/h2H,1H2. The molecule has 0 aliphatic rings. The fraction of sp³-hybridized carbons (Fsp3) is 0.333. The van der Waals surface area contributed by atoms with Gasteiger partial charge in [-0.1, -0.05) is 5.18 Å². The van der Waals surface area contributed by atoms with Gasteiger partial charge in [-0.25, -0.2) is 0 Å². The van der Waals surface area contributed by atoms with Crippen LogP contribution in [0.2, 0.25) is 0 Å². The van der Waals surface area contributed by atoms with Gasteiger partial charge in [0.1, 0.15) is 0 Å². The van der Waals surface area contributed by atoms with Crippen molar-refractivity contribution < 1.29 is 9.53 Å². The first kappa shape index (κ1) is 5.67. The van der Waals surface area contributed by atoms with E-state index in [4.69, 9.17) is 0 Å². The second-order valence-corrected chi connectivity index (χ2v) is 1.35. The van der Waals surface area contributed by atoms with Gasteiger partial charge in [0.2, 0.25) is 11.9 Å². The van der Waals surface area contributed by atoms with Crippen LogP contribution in [-0.4, -0.2) is 5.16 Å². The number of nitrogens with zero attached hydrogens (tertiary/aromatic N) is 3. The minimum atomic E-state index is -0.201. The van der Waals surface area contributed by atoms with E-state index in [1.807, 2.05) is 0 Å². The van der Waals surface area contributed by atoms with E-state index in [-0.39, 0.29) is 17.1 Å². The lowest BCUT2D eigenvalue weighted by Crippen LogP contribution is -2.27. The van der Waals surface area contributed by atoms with Gasteiger partial charge in [-0.15, -0.1) is 0 Å². The Hall–Kier alpha value is -1.46. The molecule has 6 heteroatoms. The molecule has 0 saturated heterocycles. The molecule has 0 atom stereocenters. The van der Waals surface area contributed by atoms with Crippen molar-refractivity contribution in [1.82, 2.24) is 5.16 Å². The Labute approximate surface area is 49.6 Å². The Kier molecular flexibility index (Phi) is 1.39. The lowest BCUT2D eigenvalue weighted by Gasteiger charge is -1.84. The average molecular weight is 129 g/mol. The summed E-state index contributed by atoms with van der Waals surface area (Å²) >= 11 is 0. The maximum Gasteiger partial charge on any atom is 0.220 e. The summed E-state index contributed by atoms with van der Waals surface area (Å²) in [6.07, 6.45) is 1.15. The van der Waals surface area contributed by atoms with E-state index >= 15 is 0 Å². The minimum Gasteiger partial charge on any atom is -0.359 e. The Morgan fingerprint density at radius 1 is 2.00 bits per heavy atom. The molecule has 0 aliphatic carbocycles. The third-order valence-corrected chi connectivity index (χ3v) is 0.784. The maximum atomic E-state index is 10.3. The van der Waals surface area contributed by atoms with Crippen LogP contribution in [0.1, 0.15) is 5.69 Å². The fourth-order valence-electron chi connectivity index (χ4n) is 0.391. The molecular weight excluding hydrogens is 126 g/mol. The highest BCUT2D eigenvalue weighted by Gasteiger charge is 2.04. The van der Waals surface area contributed by atoms with Crippen molar-refractivity contribution in [2.24, 2.45) is 5.18 Å². The first-order valence-electron chi connectivity index (χ1n) is 2.17. The van der Waals surface area contributed by atoms with Gasteiger partial charge in [-0.2, -0.15) is 4.91 Å². The van der Waals surface area contributed by atoms with Gasteiger partial charge in [-0.3, -0.25) is 4.63 Å². The first-order chi connectivity index (χ1) is 4.34. The molecule has 0 unspecified atom stereocenters. The monoisotopic (exact) mass is 129 g/mol. The first-order valence-corrected chi connectivity index (χ1v) is 2.17. The van der Waals surface area contributed by atoms with Crippen molar-refractivity contribution >= 4 is 0 Å². The molecule has 9 heavy (non-hydrogen) atoms. The summed E-state index contributed by atoms with van der Waals surface area (Å²) in [6.45, 7) is -0.201. The van der Waals surface area contributed by atoms with E-state index in [1.54, 1.807) is 0 Å². The lowest BCUT2D eigenvalue weighted by atomic mass is 10.5. The minimum absolute atomic E-state index is 0.116. The molecule has 0 radical (unpaired) electrons. The molecule has 0 spiro atoms. The van der Waals surface area contributed by atoms with Crippen LogP contribution in [-0.2, 0) is 6.54 Å². The normalized spacial score (nSPS) is 9.33. The highest BCUT2D eigenvalue weighted by atomic mass is 16.8. The Balaban J connectivity index is 2.80. The Morgan fingerprint density at radius 3 is 3.22 bits per heavy atom. The summed E-state index contributed by atoms with van der Waals surface area (Å²) in [5.74, 6) is 0. The molecule has 0 N–H and O–H groups in total. The highest BCUT2D eigenvalue weighted by Crippen LogP contribution is 1.88. The number of hydrogen-bond donors (Lipinski definition) is 0. The number of rotatable bonds is 2. The van der Waals surface area contributed by atoms with Crippen molar-refractivity contribution in [3.63, 3.8) is 0 Å². The molecule has 48 valence electrons. The third kappa shape index (κ3) is 1.01. The molecule has 1 aromatic heterocycles. The zero-order chi connectivity index (χ0) is 6.69.